The number of nitrogens with one attached hydrogen (secondary N) is 1. The van der Waals surface area contributed by atoms with Crippen molar-refractivity contribution in [3.8, 4) is 5.75 Å². The van der Waals surface area contributed by atoms with Gasteiger partial charge in [-0.15, -0.1) is 0 Å². The van der Waals surface area contributed by atoms with Gasteiger partial charge in [0, 0.05) is 6.42 Å². The summed E-state index contributed by atoms with van der Waals surface area (Å²) in [5, 5.41) is 2.56. The highest BCUT2D eigenvalue weighted by molar-refractivity contribution is 5.82. The van der Waals surface area contributed by atoms with Crippen molar-refractivity contribution in [2.75, 3.05) is 6.86 Å². The fourth-order valence-corrected chi connectivity index (χ4v) is 2.04. The van der Waals surface area contributed by atoms with E-state index in [1.165, 1.54) is 0 Å². The highest BCUT2D eigenvalue weighted by Crippen LogP contribution is 2.16. The van der Waals surface area contributed by atoms with Crippen molar-refractivity contribution in [2.45, 2.75) is 65.2 Å². The highest BCUT2D eigenvalue weighted by atomic mass is 19.1. The monoisotopic (exact) mass is 369 g/mol. The number of ether oxygens (including phenoxy) is 3. The van der Waals surface area contributed by atoms with E-state index < -0.39 is 36.2 Å². The number of carbonyl (C=O) groups is 2. The molecule has 6 nitrogen and oxygen atoms in total. The summed E-state index contributed by atoms with van der Waals surface area (Å²) in [6.07, 6.45) is -0.505. The summed E-state index contributed by atoms with van der Waals surface area (Å²) in [6, 6.07) is 5.65. The lowest BCUT2D eigenvalue weighted by Crippen LogP contribution is -2.47. The van der Waals surface area contributed by atoms with Crippen LogP contribution in [0.3, 0.4) is 0 Å². The van der Waals surface area contributed by atoms with E-state index in [9.17, 15) is 14.0 Å². The lowest BCUT2D eigenvalue weighted by atomic mass is 10.1. The van der Waals surface area contributed by atoms with Gasteiger partial charge in [-0.1, -0.05) is 12.1 Å². The standard InChI is InChI=1S/C19H28FNO5/c1-18(2,3)25-16(22)15(21-17(23)26-19(4,5)6)11-13-7-9-14(10-8-13)24-12-20/h7-10,15H,11-12H2,1-6H3,(H,21,23). The lowest BCUT2D eigenvalue weighted by molar-refractivity contribution is -0.157. The Bertz CT molecular complexity index is 602. The van der Waals surface area contributed by atoms with Crippen molar-refractivity contribution in [2.24, 2.45) is 0 Å². The van der Waals surface area contributed by atoms with Crippen LogP contribution in [-0.4, -0.2) is 36.2 Å². The average molecular weight is 369 g/mol. The largest absolute Gasteiger partial charge is 0.463 e. The number of rotatable bonds is 6. The van der Waals surface area contributed by atoms with Gasteiger partial charge in [-0.05, 0) is 59.2 Å². The predicted molar refractivity (Wildman–Crippen MR) is 95.8 cm³/mol. The maximum atomic E-state index is 12.5. The molecule has 0 aliphatic heterocycles. The number of hydrogen-bond donors (Lipinski definition) is 1. The van der Waals surface area contributed by atoms with E-state index >= 15 is 0 Å². The van der Waals surface area contributed by atoms with Crippen LogP contribution in [0.25, 0.3) is 0 Å². The van der Waals surface area contributed by atoms with E-state index in [1.54, 1.807) is 65.8 Å². The first-order chi connectivity index (χ1) is 11.9. The predicted octanol–water partition coefficient (Wildman–Crippen LogP) is 3.77. The van der Waals surface area contributed by atoms with Gasteiger partial charge in [0.25, 0.3) is 0 Å². The summed E-state index contributed by atoms with van der Waals surface area (Å²) in [4.78, 5) is 24.5. The van der Waals surface area contributed by atoms with Crippen LogP contribution in [0.5, 0.6) is 5.75 Å². The molecule has 1 atom stereocenters. The Morgan fingerprint density at radius 3 is 2.00 bits per heavy atom. The summed E-state index contributed by atoms with van der Waals surface area (Å²) < 4.78 is 27.5. The van der Waals surface area contributed by atoms with E-state index in [0.717, 1.165) is 5.56 Å². The quantitative estimate of drug-likeness (QED) is 0.773. The van der Waals surface area contributed by atoms with E-state index in [4.69, 9.17) is 14.2 Å². The molecular weight excluding hydrogens is 341 g/mol. The number of halogens is 1. The molecule has 146 valence electrons. The smallest absolute Gasteiger partial charge is 0.408 e. The second kappa shape index (κ2) is 8.87. The van der Waals surface area contributed by atoms with Gasteiger partial charge in [-0.2, -0.15) is 0 Å². The molecule has 1 aromatic carbocycles. The summed E-state index contributed by atoms with van der Waals surface area (Å²) in [7, 11) is 0. The van der Waals surface area contributed by atoms with Crippen LogP contribution in [0.1, 0.15) is 47.1 Å². The zero-order valence-electron chi connectivity index (χ0n) is 16.2. The summed E-state index contributed by atoms with van der Waals surface area (Å²) in [5.41, 5.74) is -0.624. The first-order valence-corrected chi connectivity index (χ1v) is 8.40. The number of benzene rings is 1. The molecule has 0 radical (unpaired) electrons. The van der Waals surface area contributed by atoms with Crippen LogP contribution in [0.15, 0.2) is 24.3 Å². The third-order valence-electron chi connectivity index (χ3n) is 2.97. The molecule has 1 aromatic rings. The molecule has 1 N–H and O–H groups in total. The molecule has 0 spiro atoms. The normalized spacial score (nSPS) is 12.9. The molecule has 0 fully saturated rings. The Kier molecular flexibility index (Phi) is 7.41. The topological polar surface area (TPSA) is 73.9 Å². The van der Waals surface area contributed by atoms with Crippen molar-refractivity contribution in [3.05, 3.63) is 29.8 Å². The zero-order chi connectivity index (χ0) is 20.0. The molecule has 0 aromatic heterocycles. The molecule has 26 heavy (non-hydrogen) atoms. The zero-order valence-corrected chi connectivity index (χ0v) is 16.2. The van der Waals surface area contributed by atoms with Crippen LogP contribution in [0.2, 0.25) is 0 Å². The maximum absolute atomic E-state index is 12.5. The van der Waals surface area contributed by atoms with Crippen molar-refractivity contribution >= 4 is 12.1 Å². The van der Waals surface area contributed by atoms with Crippen LogP contribution in [0, 0.1) is 0 Å². The molecular formula is C19H28FNO5. The maximum Gasteiger partial charge on any atom is 0.408 e. The molecule has 0 bridgehead atoms. The number of carbonyl (C=O) groups excluding carboxylic acids is 2. The molecule has 1 amide bonds. The number of alkyl carbamates (subject to hydrolysis) is 1. The fraction of sp³-hybridized carbons (Fsp3) is 0.579. The van der Waals surface area contributed by atoms with E-state index in [2.05, 4.69) is 5.32 Å². The highest BCUT2D eigenvalue weighted by Gasteiger charge is 2.28. The molecule has 1 unspecified atom stereocenters. The Morgan fingerprint density at radius 1 is 1.00 bits per heavy atom. The number of esters is 1. The fourth-order valence-electron chi connectivity index (χ4n) is 2.04. The minimum absolute atomic E-state index is 0.198. The van der Waals surface area contributed by atoms with Crippen molar-refractivity contribution in [1.29, 1.82) is 0 Å². The van der Waals surface area contributed by atoms with E-state index in [1.807, 2.05) is 0 Å². The van der Waals surface area contributed by atoms with Gasteiger partial charge in [0.1, 0.15) is 23.0 Å². The van der Waals surface area contributed by atoms with Gasteiger partial charge in [0.05, 0.1) is 0 Å². The van der Waals surface area contributed by atoms with Gasteiger partial charge >= 0.3 is 12.1 Å². The van der Waals surface area contributed by atoms with Gasteiger partial charge in [0.15, 0.2) is 0 Å². The molecule has 0 aliphatic rings. The molecule has 7 heteroatoms. The second-order valence-corrected chi connectivity index (χ2v) is 7.83. The third kappa shape index (κ3) is 8.69. The van der Waals surface area contributed by atoms with Crippen molar-refractivity contribution < 1.29 is 28.2 Å². The van der Waals surface area contributed by atoms with E-state index in [0.29, 0.717) is 5.75 Å². The van der Waals surface area contributed by atoms with Gasteiger partial charge in [-0.25, -0.2) is 14.0 Å². The van der Waals surface area contributed by atoms with Gasteiger partial charge in [-0.3, -0.25) is 0 Å². The Balaban J connectivity index is 2.88. The first kappa shape index (κ1) is 21.7. The third-order valence-corrected chi connectivity index (χ3v) is 2.97. The molecule has 1 rings (SSSR count). The number of amides is 1. The molecule has 0 saturated heterocycles. The summed E-state index contributed by atoms with van der Waals surface area (Å²) in [5.74, 6) is -0.183. The van der Waals surface area contributed by atoms with Gasteiger partial charge < -0.3 is 19.5 Å². The first-order valence-electron chi connectivity index (χ1n) is 8.40. The molecule has 0 aliphatic carbocycles. The van der Waals surface area contributed by atoms with E-state index in [-0.39, 0.29) is 6.42 Å². The Morgan fingerprint density at radius 2 is 1.54 bits per heavy atom. The second-order valence-electron chi connectivity index (χ2n) is 7.83. The summed E-state index contributed by atoms with van der Waals surface area (Å²) >= 11 is 0. The minimum Gasteiger partial charge on any atom is -0.463 e. The SMILES string of the molecule is CC(C)(C)OC(=O)NC(Cc1ccc(OCF)cc1)C(=O)OC(C)(C)C. The number of hydrogen-bond acceptors (Lipinski definition) is 5. The molecule has 0 saturated carbocycles. The van der Waals surface area contributed by atoms with Crippen LogP contribution < -0.4 is 10.1 Å². The van der Waals surface area contributed by atoms with Crippen molar-refractivity contribution in [3.63, 3.8) is 0 Å². The average Bonchev–Trinajstić information content (AvgIpc) is 2.45. The summed E-state index contributed by atoms with van der Waals surface area (Å²) in [6.45, 7) is 9.53. The number of alkyl halides is 1. The minimum atomic E-state index is -0.919. The Labute approximate surface area is 154 Å². The lowest BCUT2D eigenvalue weighted by Gasteiger charge is -2.26. The van der Waals surface area contributed by atoms with Crippen LogP contribution in [-0.2, 0) is 20.7 Å². The van der Waals surface area contributed by atoms with Crippen LogP contribution >= 0.6 is 0 Å². The van der Waals surface area contributed by atoms with Crippen molar-refractivity contribution in [1.82, 2.24) is 5.32 Å². The van der Waals surface area contributed by atoms with Gasteiger partial charge in [0.2, 0.25) is 6.86 Å². The Hall–Kier alpha value is -2.31. The molecule has 0 heterocycles. The van der Waals surface area contributed by atoms with Crippen LogP contribution in [0.4, 0.5) is 9.18 Å².